The minimum atomic E-state index is -0.955. The summed E-state index contributed by atoms with van der Waals surface area (Å²) in [5, 5.41) is 10.1. The van der Waals surface area contributed by atoms with Crippen molar-refractivity contribution in [1.29, 1.82) is 0 Å². The normalized spacial score (nSPS) is 29.6. The number of amides is 1. The summed E-state index contributed by atoms with van der Waals surface area (Å²) in [6.45, 7) is 12.0. The lowest BCUT2D eigenvalue weighted by molar-refractivity contribution is -0.124. The molecule has 4 rings (SSSR count). The molecule has 3 aliphatic rings. The first-order valence-corrected chi connectivity index (χ1v) is 14.0. The molecule has 2 fully saturated rings. The number of carboxylic acids is 1. The fourth-order valence-electron chi connectivity index (χ4n) is 5.73. The average Bonchev–Trinajstić information content (AvgIpc) is 3.45. The molecule has 1 aromatic rings. The van der Waals surface area contributed by atoms with Gasteiger partial charge in [0.25, 0.3) is 0 Å². The van der Waals surface area contributed by atoms with Gasteiger partial charge in [-0.2, -0.15) is 0 Å². The van der Waals surface area contributed by atoms with Gasteiger partial charge in [0.15, 0.2) is 0 Å². The number of rotatable bonds is 6. The summed E-state index contributed by atoms with van der Waals surface area (Å²) >= 11 is 1.31. The van der Waals surface area contributed by atoms with Crippen LogP contribution in [0, 0.1) is 11.8 Å². The topological polar surface area (TPSA) is 76.1 Å². The minimum absolute atomic E-state index is 0.0121. The van der Waals surface area contributed by atoms with Gasteiger partial charge in [0.05, 0.1) is 24.5 Å². The molecule has 0 aromatic carbocycles. The molecule has 35 heavy (non-hydrogen) atoms. The van der Waals surface area contributed by atoms with E-state index in [0.717, 1.165) is 56.4 Å². The van der Waals surface area contributed by atoms with Crippen LogP contribution in [0.5, 0.6) is 0 Å². The molecule has 0 radical (unpaired) electrons. The largest absolute Gasteiger partial charge is 0.477 e. The molecule has 1 N–H and O–H groups in total. The van der Waals surface area contributed by atoms with E-state index in [2.05, 4.69) is 40.7 Å². The van der Waals surface area contributed by atoms with E-state index in [1.807, 2.05) is 11.0 Å². The number of carbonyl (C=O) groups is 2. The standard InChI is InChI=1S/C28H41NO5S/c1-17-6-11-22(18(2)14-17)26(30)29(23-15-24(28(3,4)5)35-25(23)27(31)32)19-7-9-20(10-8-19)34-21-12-13-33-16-21/h6,15,18-22H,7-14,16H2,1-5H3,(H,31,32)/t18-,19-,20-,21+,22?/m1/s1. The molecule has 1 aromatic heterocycles. The van der Waals surface area contributed by atoms with Gasteiger partial charge in [-0.25, -0.2) is 4.79 Å². The molecule has 1 aliphatic heterocycles. The number of ether oxygens (including phenoxy) is 2. The van der Waals surface area contributed by atoms with Crippen molar-refractivity contribution in [2.24, 2.45) is 11.8 Å². The van der Waals surface area contributed by atoms with Gasteiger partial charge in [0.2, 0.25) is 5.91 Å². The Morgan fingerprint density at radius 1 is 1.14 bits per heavy atom. The van der Waals surface area contributed by atoms with Crippen LogP contribution >= 0.6 is 11.3 Å². The maximum absolute atomic E-state index is 14.2. The number of hydrogen-bond acceptors (Lipinski definition) is 5. The molecule has 1 amide bonds. The average molecular weight is 504 g/mol. The van der Waals surface area contributed by atoms with Gasteiger partial charge >= 0.3 is 5.97 Å². The van der Waals surface area contributed by atoms with Gasteiger partial charge in [0, 0.05) is 23.4 Å². The predicted octanol–water partition coefficient (Wildman–Crippen LogP) is 6.19. The Morgan fingerprint density at radius 2 is 1.86 bits per heavy atom. The molecule has 2 heterocycles. The number of carboxylic acid groups (broad SMARTS) is 1. The third kappa shape index (κ3) is 6.00. The summed E-state index contributed by atoms with van der Waals surface area (Å²) in [6, 6.07) is 1.96. The molecule has 1 unspecified atom stereocenters. The highest BCUT2D eigenvalue weighted by Gasteiger charge is 2.39. The van der Waals surface area contributed by atoms with Crippen molar-refractivity contribution >= 4 is 28.9 Å². The second kappa shape index (κ2) is 10.7. The monoisotopic (exact) mass is 503 g/mol. The van der Waals surface area contributed by atoms with Crippen LogP contribution in [0.1, 0.15) is 94.1 Å². The number of carbonyl (C=O) groups excluding carboxylic acids is 1. The highest BCUT2D eigenvalue weighted by molar-refractivity contribution is 7.14. The number of hydrogen-bond donors (Lipinski definition) is 1. The van der Waals surface area contributed by atoms with Crippen molar-refractivity contribution < 1.29 is 24.2 Å². The SMILES string of the molecule is CC1=CCC(C(=O)N(c2cc(C(C)(C)C)sc2C(=O)O)[C@H]2CC[C@H](O[C@H]3CCOC3)CC2)[C@H](C)C1. The lowest BCUT2D eigenvalue weighted by atomic mass is 9.79. The molecular formula is C28H41NO5S. The Labute approximate surface area is 213 Å². The van der Waals surface area contributed by atoms with Gasteiger partial charge in [-0.05, 0) is 69.3 Å². The smallest absolute Gasteiger partial charge is 0.348 e. The second-order valence-electron chi connectivity index (χ2n) is 11.7. The quantitative estimate of drug-likeness (QED) is 0.469. The van der Waals surface area contributed by atoms with Crippen LogP contribution < -0.4 is 4.90 Å². The first-order chi connectivity index (χ1) is 16.5. The third-order valence-electron chi connectivity index (χ3n) is 7.79. The Balaban J connectivity index is 1.63. The van der Waals surface area contributed by atoms with Crippen molar-refractivity contribution in [3.63, 3.8) is 0 Å². The number of allylic oxidation sites excluding steroid dienone is 2. The molecule has 7 heteroatoms. The van der Waals surface area contributed by atoms with Crippen molar-refractivity contribution in [2.75, 3.05) is 18.1 Å². The van der Waals surface area contributed by atoms with Crippen molar-refractivity contribution in [3.8, 4) is 0 Å². The zero-order valence-corrected chi connectivity index (χ0v) is 22.7. The van der Waals surface area contributed by atoms with E-state index in [1.54, 1.807) is 0 Å². The number of nitrogens with zero attached hydrogens (tertiary/aromatic N) is 1. The van der Waals surface area contributed by atoms with E-state index in [0.29, 0.717) is 12.3 Å². The lowest BCUT2D eigenvalue weighted by Crippen LogP contribution is -2.48. The van der Waals surface area contributed by atoms with E-state index in [1.165, 1.54) is 16.9 Å². The summed E-state index contributed by atoms with van der Waals surface area (Å²) in [7, 11) is 0. The van der Waals surface area contributed by atoms with Gasteiger partial charge in [-0.1, -0.05) is 39.3 Å². The highest BCUT2D eigenvalue weighted by atomic mass is 32.1. The Bertz CT molecular complexity index is 947. The molecule has 6 nitrogen and oxygen atoms in total. The van der Waals surface area contributed by atoms with E-state index in [9.17, 15) is 14.7 Å². The van der Waals surface area contributed by atoms with Crippen LogP contribution in [0.4, 0.5) is 5.69 Å². The fourth-order valence-corrected chi connectivity index (χ4v) is 6.77. The van der Waals surface area contributed by atoms with Gasteiger partial charge < -0.3 is 19.5 Å². The number of aromatic carboxylic acids is 1. The summed E-state index contributed by atoms with van der Waals surface area (Å²) < 4.78 is 11.7. The van der Waals surface area contributed by atoms with Crippen LogP contribution in [-0.4, -0.2) is 48.4 Å². The van der Waals surface area contributed by atoms with Gasteiger partial charge in [-0.15, -0.1) is 11.3 Å². The predicted molar refractivity (Wildman–Crippen MR) is 139 cm³/mol. The second-order valence-corrected chi connectivity index (χ2v) is 12.8. The Morgan fingerprint density at radius 3 is 2.43 bits per heavy atom. The zero-order valence-electron chi connectivity index (χ0n) is 21.8. The first kappa shape index (κ1) is 26.4. The Hall–Kier alpha value is -1.70. The summed E-state index contributed by atoms with van der Waals surface area (Å²) in [4.78, 5) is 29.7. The zero-order chi connectivity index (χ0) is 25.3. The van der Waals surface area contributed by atoms with Gasteiger partial charge in [-0.3, -0.25) is 4.79 Å². The number of thiophene rings is 1. The lowest BCUT2D eigenvalue weighted by Gasteiger charge is -2.40. The van der Waals surface area contributed by atoms with Crippen molar-refractivity contribution in [2.45, 2.75) is 103 Å². The Kier molecular flexibility index (Phi) is 8.08. The van der Waals surface area contributed by atoms with Crippen LogP contribution in [0.3, 0.4) is 0 Å². The molecule has 194 valence electrons. The molecule has 2 aliphatic carbocycles. The maximum Gasteiger partial charge on any atom is 0.348 e. The molecule has 3 atom stereocenters. The minimum Gasteiger partial charge on any atom is -0.477 e. The summed E-state index contributed by atoms with van der Waals surface area (Å²) in [5.74, 6) is -0.756. The number of anilines is 1. The highest BCUT2D eigenvalue weighted by Crippen LogP contribution is 2.42. The van der Waals surface area contributed by atoms with Gasteiger partial charge in [0.1, 0.15) is 4.88 Å². The van der Waals surface area contributed by atoms with E-state index >= 15 is 0 Å². The van der Waals surface area contributed by atoms with E-state index < -0.39 is 5.97 Å². The molecule has 1 saturated heterocycles. The molecule has 0 spiro atoms. The van der Waals surface area contributed by atoms with Crippen LogP contribution in [0.25, 0.3) is 0 Å². The summed E-state index contributed by atoms with van der Waals surface area (Å²) in [6.07, 6.45) is 8.52. The molecular weight excluding hydrogens is 462 g/mol. The first-order valence-electron chi connectivity index (χ1n) is 13.1. The maximum atomic E-state index is 14.2. The third-order valence-corrected chi connectivity index (χ3v) is 9.33. The fraction of sp³-hybridized carbons (Fsp3) is 0.714. The van der Waals surface area contributed by atoms with Crippen molar-refractivity contribution in [3.05, 3.63) is 27.5 Å². The van der Waals surface area contributed by atoms with Crippen LogP contribution in [0.15, 0.2) is 17.7 Å². The summed E-state index contributed by atoms with van der Waals surface area (Å²) in [5.41, 5.74) is 1.73. The van der Waals surface area contributed by atoms with E-state index in [-0.39, 0.29) is 46.3 Å². The van der Waals surface area contributed by atoms with Crippen LogP contribution in [-0.2, 0) is 19.7 Å². The van der Waals surface area contributed by atoms with Crippen molar-refractivity contribution in [1.82, 2.24) is 0 Å². The van der Waals surface area contributed by atoms with Crippen LogP contribution in [0.2, 0.25) is 0 Å². The molecule has 1 saturated carbocycles. The van der Waals surface area contributed by atoms with E-state index in [4.69, 9.17) is 9.47 Å². The molecule has 0 bridgehead atoms.